The van der Waals surface area contributed by atoms with Gasteiger partial charge in [-0.1, -0.05) is 6.07 Å². The van der Waals surface area contributed by atoms with E-state index < -0.39 is 9.05 Å². The lowest BCUT2D eigenvalue weighted by Crippen LogP contribution is -2.37. The summed E-state index contributed by atoms with van der Waals surface area (Å²) >= 11 is 0. The molecule has 110 valence electrons. The number of nitrogens with zero attached hydrogens (tertiary/aromatic N) is 1. The molecule has 7 heteroatoms. The number of ether oxygens (including phenoxy) is 1. The number of carbonyl (C=O) groups excluding carboxylic acids is 1. The Labute approximate surface area is 122 Å². The van der Waals surface area contributed by atoms with Gasteiger partial charge in [0.25, 0.3) is 15.0 Å². The smallest absolute Gasteiger partial charge is 0.261 e. The molecule has 1 unspecified atom stereocenters. The number of benzene rings is 1. The first-order chi connectivity index (χ1) is 9.30. The van der Waals surface area contributed by atoms with Crippen molar-refractivity contribution in [3.8, 4) is 0 Å². The summed E-state index contributed by atoms with van der Waals surface area (Å²) in [5, 5.41) is 0. The number of likely N-dealkylation sites (N-methyl/N-ethyl adjacent to an activating group) is 1. The molecule has 1 heterocycles. The van der Waals surface area contributed by atoms with E-state index in [2.05, 4.69) is 0 Å². The highest BCUT2D eigenvalue weighted by Crippen LogP contribution is 2.22. The van der Waals surface area contributed by atoms with E-state index in [1.807, 2.05) is 0 Å². The SMILES string of the molecule is Cc1ccc(C(=O)N(C)C2CCOC2)cc1S(=O)(=O)Cl. The molecule has 20 heavy (non-hydrogen) atoms. The lowest BCUT2D eigenvalue weighted by Gasteiger charge is -2.23. The van der Waals surface area contributed by atoms with Gasteiger partial charge in [0.2, 0.25) is 0 Å². The standard InChI is InChI=1S/C13H16ClNO4S/c1-9-3-4-10(7-12(9)20(14,17)18)13(16)15(2)11-5-6-19-8-11/h3-4,7,11H,5-6,8H2,1-2H3. The second-order valence-corrected chi connectivity index (χ2v) is 7.39. The Balaban J connectivity index is 2.31. The van der Waals surface area contributed by atoms with Crippen LogP contribution >= 0.6 is 10.7 Å². The minimum Gasteiger partial charge on any atom is -0.379 e. The van der Waals surface area contributed by atoms with E-state index in [0.717, 1.165) is 6.42 Å². The van der Waals surface area contributed by atoms with E-state index in [1.165, 1.54) is 6.07 Å². The lowest BCUT2D eigenvalue weighted by atomic mass is 10.1. The third kappa shape index (κ3) is 3.13. The number of hydrogen-bond acceptors (Lipinski definition) is 4. The number of rotatable bonds is 3. The van der Waals surface area contributed by atoms with Crippen molar-refractivity contribution in [2.24, 2.45) is 0 Å². The Bertz CT molecular complexity index is 623. The van der Waals surface area contributed by atoms with Gasteiger partial charge in [0, 0.05) is 29.9 Å². The summed E-state index contributed by atoms with van der Waals surface area (Å²) in [6.07, 6.45) is 0.786. The molecule has 0 spiro atoms. The van der Waals surface area contributed by atoms with E-state index in [1.54, 1.807) is 31.0 Å². The van der Waals surface area contributed by atoms with Crippen LogP contribution in [0.4, 0.5) is 0 Å². The molecule has 0 aromatic heterocycles. The Morgan fingerprint density at radius 3 is 2.70 bits per heavy atom. The van der Waals surface area contributed by atoms with Crippen molar-refractivity contribution < 1.29 is 17.9 Å². The number of carbonyl (C=O) groups is 1. The highest BCUT2D eigenvalue weighted by molar-refractivity contribution is 8.13. The van der Waals surface area contributed by atoms with Crippen molar-refractivity contribution in [2.75, 3.05) is 20.3 Å². The van der Waals surface area contributed by atoms with Gasteiger partial charge in [0.15, 0.2) is 0 Å². The molecule has 1 saturated heterocycles. The minimum absolute atomic E-state index is 0.0268. The zero-order valence-corrected chi connectivity index (χ0v) is 12.9. The van der Waals surface area contributed by atoms with Gasteiger partial charge in [0.1, 0.15) is 0 Å². The third-order valence-electron chi connectivity index (χ3n) is 3.47. The number of amides is 1. The fourth-order valence-corrected chi connectivity index (χ4v) is 3.41. The molecule has 1 aromatic carbocycles. The Kier molecular flexibility index (Phi) is 4.36. The van der Waals surface area contributed by atoms with E-state index in [9.17, 15) is 13.2 Å². The van der Waals surface area contributed by atoms with Crippen molar-refractivity contribution in [1.29, 1.82) is 0 Å². The van der Waals surface area contributed by atoms with Crippen molar-refractivity contribution in [2.45, 2.75) is 24.3 Å². The zero-order chi connectivity index (χ0) is 14.9. The summed E-state index contributed by atoms with van der Waals surface area (Å²) in [4.78, 5) is 13.9. The Morgan fingerprint density at radius 2 is 2.15 bits per heavy atom. The zero-order valence-electron chi connectivity index (χ0n) is 11.3. The number of aryl methyl sites for hydroxylation is 1. The molecular formula is C13H16ClNO4S. The van der Waals surface area contributed by atoms with Gasteiger partial charge in [-0.3, -0.25) is 4.79 Å². The maximum Gasteiger partial charge on any atom is 0.261 e. The molecule has 5 nitrogen and oxygen atoms in total. The van der Waals surface area contributed by atoms with Crippen LogP contribution in [0.5, 0.6) is 0 Å². The maximum atomic E-state index is 12.4. The molecular weight excluding hydrogens is 302 g/mol. The molecule has 0 aliphatic carbocycles. The van der Waals surface area contributed by atoms with E-state index in [4.69, 9.17) is 15.4 Å². The second kappa shape index (κ2) is 5.71. The van der Waals surface area contributed by atoms with E-state index >= 15 is 0 Å². The number of halogens is 1. The second-order valence-electron chi connectivity index (χ2n) is 4.85. The molecule has 1 aliphatic heterocycles. The van der Waals surface area contributed by atoms with Crippen LogP contribution in [0.25, 0.3) is 0 Å². The molecule has 1 atom stereocenters. The topological polar surface area (TPSA) is 63.7 Å². The number of hydrogen-bond donors (Lipinski definition) is 0. The van der Waals surface area contributed by atoms with Crippen LogP contribution < -0.4 is 0 Å². The van der Waals surface area contributed by atoms with Crippen molar-refractivity contribution in [3.05, 3.63) is 29.3 Å². The molecule has 0 radical (unpaired) electrons. The van der Waals surface area contributed by atoms with Crippen LogP contribution in [0.1, 0.15) is 22.3 Å². The summed E-state index contributed by atoms with van der Waals surface area (Å²) in [6, 6.07) is 4.54. The summed E-state index contributed by atoms with van der Waals surface area (Å²) in [7, 11) is 3.21. The van der Waals surface area contributed by atoms with Gasteiger partial charge in [-0.05, 0) is 31.0 Å². The van der Waals surface area contributed by atoms with Gasteiger partial charge < -0.3 is 9.64 Å². The van der Waals surface area contributed by atoms with E-state index in [-0.39, 0.29) is 16.8 Å². The van der Waals surface area contributed by atoms with Gasteiger partial charge >= 0.3 is 0 Å². The average molecular weight is 318 g/mol. The molecule has 2 rings (SSSR count). The molecule has 0 saturated carbocycles. The molecule has 1 aliphatic rings. The third-order valence-corrected chi connectivity index (χ3v) is 4.94. The summed E-state index contributed by atoms with van der Waals surface area (Å²) in [5.41, 5.74) is 0.827. The molecule has 0 bridgehead atoms. The molecule has 0 N–H and O–H groups in total. The van der Waals surface area contributed by atoms with Gasteiger partial charge in [-0.2, -0.15) is 0 Å². The highest BCUT2D eigenvalue weighted by atomic mass is 35.7. The van der Waals surface area contributed by atoms with Crippen LogP contribution in [0, 0.1) is 6.92 Å². The van der Waals surface area contributed by atoms with Crippen LogP contribution in [-0.4, -0.2) is 45.5 Å². The van der Waals surface area contributed by atoms with Gasteiger partial charge in [0.05, 0.1) is 17.5 Å². The minimum atomic E-state index is -3.86. The lowest BCUT2D eigenvalue weighted by molar-refractivity contribution is 0.0711. The summed E-state index contributed by atoms with van der Waals surface area (Å²) in [6.45, 7) is 2.78. The van der Waals surface area contributed by atoms with Gasteiger partial charge in [-0.25, -0.2) is 8.42 Å². The first-order valence-corrected chi connectivity index (χ1v) is 8.52. The Hall–Kier alpha value is -1.11. The van der Waals surface area contributed by atoms with Crippen molar-refractivity contribution in [1.82, 2.24) is 4.90 Å². The van der Waals surface area contributed by atoms with Gasteiger partial charge in [-0.15, -0.1) is 0 Å². The fraction of sp³-hybridized carbons (Fsp3) is 0.462. The van der Waals surface area contributed by atoms with Crippen LogP contribution in [0.3, 0.4) is 0 Å². The average Bonchev–Trinajstić information content (AvgIpc) is 2.90. The van der Waals surface area contributed by atoms with Crippen LogP contribution in [0.2, 0.25) is 0 Å². The molecule has 1 amide bonds. The fourth-order valence-electron chi connectivity index (χ4n) is 2.19. The summed E-state index contributed by atoms with van der Waals surface area (Å²) < 4.78 is 28.2. The predicted molar refractivity (Wildman–Crippen MR) is 75.5 cm³/mol. The highest BCUT2D eigenvalue weighted by Gasteiger charge is 2.26. The largest absolute Gasteiger partial charge is 0.379 e. The molecule has 1 aromatic rings. The normalized spacial score (nSPS) is 19.1. The van der Waals surface area contributed by atoms with Crippen molar-refractivity contribution >= 4 is 25.6 Å². The van der Waals surface area contributed by atoms with Crippen LogP contribution in [-0.2, 0) is 13.8 Å². The monoisotopic (exact) mass is 317 g/mol. The summed E-state index contributed by atoms with van der Waals surface area (Å²) in [5.74, 6) is -0.234. The van der Waals surface area contributed by atoms with Crippen molar-refractivity contribution in [3.63, 3.8) is 0 Å². The van der Waals surface area contributed by atoms with E-state index in [0.29, 0.717) is 24.3 Å². The quantitative estimate of drug-likeness (QED) is 0.797. The first-order valence-electron chi connectivity index (χ1n) is 6.21. The Morgan fingerprint density at radius 1 is 1.45 bits per heavy atom. The first kappa shape index (κ1) is 15.3. The van der Waals surface area contributed by atoms with Crippen LogP contribution in [0.15, 0.2) is 23.1 Å². The molecule has 1 fully saturated rings. The maximum absolute atomic E-state index is 12.4. The predicted octanol–water partition coefficient (Wildman–Crippen LogP) is 1.78.